The first kappa shape index (κ1) is 26.6. The summed E-state index contributed by atoms with van der Waals surface area (Å²) in [7, 11) is 6.88. The number of carboxylic acids is 1. The van der Waals surface area contributed by atoms with Crippen LogP contribution in [0.4, 0.5) is 0 Å². The summed E-state index contributed by atoms with van der Waals surface area (Å²) >= 11 is 0. The third kappa shape index (κ3) is 19.3. The number of carboxylic acid groups (broad SMARTS) is 1. The van der Waals surface area contributed by atoms with Crippen LogP contribution in [-0.2, 0) is 0 Å². The van der Waals surface area contributed by atoms with E-state index in [4.69, 9.17) is 0 Å². The van der Waals surface area contributed by atoms with Crippen LogP contribution in [0.2, 0.25) is 0 Å². The van der Waals surface area contributed by atoms with E-state index in [2.05, 4.69) is 43.2 Å². The van der Waals surface area contributed by atoms with Gasteiger partial charge in [0, 0.05) is 0 Å². The van der Waals surface area contributed by atoms with E-state index < -0.39 is 5.97 Å². The molecule has 0 aromatic carbocycles. The maximum Gasteiger partial charge on any atom is 0.171 e. The van der Waals surface area contributed by atoms with E-state index in [0.29, 0.717) is 0 Å². The summed E-state index contributed by atoms with van der Waals surface area (Å²) in [6, 6.07) is 0. The number of hydrogen-bond acceptors (Lipinski definition) is 4. The Balaban J connectivity index is 0.000000749. The van der Waals surface area contributed by atoms with Crippen LogP contribution < -0.4 is 5.11 Å². The smallest absolute Gasteiger partial charge is 0.171 e. The second kappa shape index (κ2) is 17.7. The molecule has 0 spiro atoms. The Labute approximate surface area is 172 Å². The van der Waals surface area contributed by atoms with Crippen LogP contribution >= 0.6 is 0 Å². The zero-order valence-corrected chi connectivity index (χ0v) is 18.8. The van der Waals surface area contributed by atoms with Crippen molar-refractivity contribution in [3.63, 3.8) is 0 Å². The number of quaternary nitrogens is 1. The van der Waals surface area contributed by atoms with Crippen molar-refractivity contribution in [2.75, 3.05) is 27.7 Å². The van der Waals surface area contributed by atoms with Gasteiger partial charge >= 0.3 is 0 Å². The van der Waals surface area contributed by atoms with E-state index in [1.54, 1.807) is 0 Å². The van der Waals surface area contributed by atoms with E-state index in [1.807, 2.05) is 0 Å². The molecule has 0 aliphatic carbocycles. The van der Waals surface area contributed by atoms with Gasteiger partial charge in [-0.15, -0.1) is 0 Å². The Hall–Kier alpha value is -1.43. The Kier molecular flexibility index (Phi) is 16.8. The molecule has 1 rings (SSSR count). The van der Waals surface area contributed by atoms with Crippen LogP contribution in [0.3, 0.4) is 0 Å². The quantitative estimate of drug-likeness (QED) is 0.333. The molecule has 0 bridgehead atoms. The number of hydrogen-bond donors (Lipinski definition) is 1. The monoisotopic (exact) mass is 396 g/mol. The number of aromatic nitrogens is 3. The van der Waals surface area contributed by atoms with Gasteiger partial charge < -0.3 is 14.4 Å². The van der Waals surface area contributed by atoms with Crippen LogP contribution in [0.15, 0.2) is 6.33 Å². The molecule has 6 heteroatoms. The molecule has 28 heavy (non-hydrogen) atoms. The van der Waals surface area contributed by atoms with Crippen LogP contribution in [0, 0.1) is 0 Å². The number of carbonyl (C=O) groups is 1. The van der Waals surface area contributed by atoms with Crippen LogP contribution in [0.1, 0.15) is 107 Å². The van der Waals surface area contributed by atoms with Crippen molar-refractivity contribution in [1.29, 1.82) is 0 Å². The van der Waals surface area contributed by atoms with E-state index in [-0.39, 0.29) is 5.82 Å². The number of unbranched alkanes of at least 4 members (excludes halogenated alkanes) is 13. The van der Waals surface area contributed by atoms with Gasteiger partial charge in [-0.3, -0.25) is 5.10 Å². The standard InChI is InChI=1S/C19H42N.C3H3N3O2/c1-5-6-7-8-9-10-11-12-13-14-15-16-17-18-19-20(2,3)4;7-3(8)2-4-1-5-6-2/h5-19H2,1-4H3;1H,(H,7,8)(H,4,5,6)/q+1;/p-1. The minimum Gasteiger partial charge on any atom is -0.542 e. The first-order chi connectivity index (χ1) is 13.4. The van der Waals surface area contributed by atoms with Crippen molar-refractivity contribution in [2.45, 2.75) is 96.8 Å². The maximum absolute atomic E-state index is 9.82. The summed E-state index contributed by atoms with van der Waals surface area (Å²) in [4.78, 5) is 13.1. The van der Waals surface area contributed by atoms with Gasteiger partial charge in [-0.2, -0.15) is 5.10 Å². The number of nitrogens with one attached hydrogen (secondary N) is 1. The molecule has 0 atom stereocenters. The maximum atomic E-state index is 9.82. The third-order valence-corrected chi connectivity index (χ3v) is 4.79. The molecule has 1 aromatic rings. The molecule has 0 saturated carbocycles. The van der Waals surface area contributed by atoms with Gasteiger partial charge in [-0.1, -0.05) is 84.0 Å². The summed E-state index contributed by atoms with van der Waals surface area (Å²) in [6.07, 6.45) is 21.5. The third-order valence-electron chi connectivity index (χ3n) is 4.79. The van der Waals surface area contributed by atoms with Crippen molar-refractivity contribution >= 4 is 5.97 Å². The van der Waals surface area contributed by atoms with Crippen LogP contribution in [0.25, 0.3) is 0 Å². The molecule has 0 radical (unpaired) electrons. The zero-order chi connectivity index (χ0) is 21.1. The fraction of sp³-hybridized carbons (Fsp3) is 0.864. The molecule has 1 heterocycles. The van der Waals surface area contributed by atoms with Gasteiger partial charge in [0.25, 0.3) is 0 Å². The average molecular weight is 397 g/mol. The second-order valence-electron chi connectivity index (χ2n) is 8.73. The zero-order valence-electron chi connectivity index (χ0n) is 18.8. The summed E-state index contributed by atoms with van der Waals surface area (Å²) < 4.78 is 1.12. The lowest BCUT2D eigenvalue weighted by Gasteiger charge is -2.23. The molecule has 0 saturated heterocycles. The number of nitrogens with zero attached hydrogens (tertiary/aromatic N) is 3. The Morgan fingerprint density at radius 3 is 1.57 bits per heavy atom. The van der Waals surface area contributed by atoms with Crippen molar-refractivity contribution < 1.29 is 14.4 Å². The molecular formula is C22H44N4O2. The number of aromatic carboxylic acids is 1. The second-order valence-corrected chi connectivity index (χ2v) is 8.73. The number of aromatic amines is 1. The average Bonchev–Trinajstić information content (AvgIpc) is 3.17. The Morgan fingerprint density at radius 2 is 1.29 bits per heavy atom. The summed E-state index contributed by atoms with van der Waals surface area (Å²) in [5, 5.41) is 15.2. The van der Waals surface area contributed by atoms with E-state index in [0.717, 1.165) is 10.8 Å². The minimum atomic E-state index is -1.34. The molecule has 0 aliphatic rings. The normalized spacial score (nSPS) is 11.1. The van der Waals surface area contributed by atoms with Crippen molar-refractivity contribution in [1.82, 2.24) is 15.2 Å². The van der Waals surface area contributed by atoms with Gasteiger partial charge in [-0.05, 0) is 12.8 Å². The lowest BCUT2D eigenvalue weighted by atomic mass is 10.0. The van der Waals surface area contributed by atoms with Gasteiger partial charge in [-0.25, -0.2) is 4.98 Å². The summed E-state index contributed by atoms with van der Waals surface area (Å²) in [5.74, 6) is -1.59. The highest BCUT2D eigenvalue weighted by Gasteiger charge is 2.04. The molecule has 0 aliphatic heterocycles. The topological polar surface area (TPSA) is 81.7 Å². The predicted octanol–water partition coefficient (Wildman–Crippen LogP) is 4.34. The molecular weight excluding hydrogens is 352 g/mol. The highest BCUT2D eigenvalue weighted by Crippen LogP contribution is 2.13. The number of rotatable bonds is 16. The summed E-state index contributed by atoms with van der Waals surface area (Å²) in [6.45, 7) is 3.63. The van der Waals surface area contributed by atoms with Gasteiger partial charge in [0.05, 0.1) is 27.7 Å². The number of H-pyrrole nitrogens is 1. The van der Waals surface area contributed by atoms with Gasteiger partial charge in [0.1, 0.15) is 12.3 Å². The first-order valence-electron chi connectivity index (χ1n) is 11.2. The fourth-order valence-corrected chi connectivity index (χ4v) is 3.08. The Bertz CT molecular complexity index is 456. The van der Waals surface area contributed by atoms with Crippen molar-refractivity contribution in [2.24, 2.45) is 0 Å². The van der Waals surface area contributed by atoms with Crippen molar-refractivity contribution in [3.05, 3.63) is 12.2 Å². The summed E-state index contributed by atoms with van der Waals surface area (Å²) in [5.41, 5.74) is 0. The van der Waals surface area contributed by atoms with E-state index >= 15 is 0 Å². The molecule has 164 valence electrons. The predicted molar refractivity (Wildman–Crippen MR) is 114 cm³/mol. The Morgan fingerprint density at radius 1 is 0.857 bits per heavy atom. The van der Waals surface area contributed by atoms with E-state index in [9.17, 15) is 9.90 Å². The lowest BCUT2D eigenvalue weighted by Crippen LogP contribution is -2.35. The molecule has 1 N–H and O–H groups in total. The molecule has 0 unspecified atom stereocenters. The largest absolute Gasteiger partial charge is 0.542 e. The SMILES string of the molecule is CCCCCCCCCCCCCCCC[N+](C)(C)C.O=C([O-])c1ncn[nH]1. The van der Waals surface area contributed by atoms with Crippen LogP contribution in [0.5, 0.6) is 0 Å². The van der Waals surface area contributed by atoms with Crippen molar-refractivity contribution in [3.8, 4) is 0 Å². The van der Waals surface area contributed by atoms with Gasteiger partial charge in [0.15, 0.2) is 5.82 Å². The molecule has 0 fully saturated rings. The highest BCUT2D eigenvalue weighted by molar-refractivity contribution is 5.80. The van der Waals surface area contributed by atoms with Crippen LogP contribution in [-0.4, -0.2) is 53.3 Å². The van der Waals surface area contributed by atoms with E-state index in [1.165, 1.54) is 96.4 Å². The lowest BCUT2D eigenvalue weighted by molar-refractivity contribution is -0.870. The van der Waals surface area contributed by atoms with Gasteiger partial charge in [0.2, 0.25) is 0 Å². The highest BCUT2D eigenvalue weighted by atomic mass is 16.4. The fourth-order valence-electron chi connectivity index (χ4n) is 3.08. The first-order valence-corrected chi connectivity index (χ1v) is 11.2. The molecule has 0 amide bonds. The molecule has 6 nitrogen and oxygen atoms in total. The molecule has 1 aromatic heterocycles. The number of carbonyl (C=O) groups excluding carboxylic acids is 1. The minimum absolute atomic E-state index is 0.245.